The molecule has 3 aromatic carbocycles. The topological polar surface area (TPSA) is 122 Å². The third kappa shape index (κ3) is 8.05. The van der Waals surface area contributed by atoms with Gasteiger partial charge in [0, 0.05) is 22.7 Å². The van der Waals surface area contributed by atoms with Crippen molar-refractivity contribution < 1.29 is 45.4 Å². The second kappa shape index (κ2) is 12.4. The number of aliphatic carboxylic acids is 1. The van der Waals surface area contributed by atoms with E-state index in [0.29, 0.717) is 24.6 Å². The van der Waals surface area contributed by atoms with E-state index in [2.05, 4.69) is 10.0 Å². The monoisotopic (exact) mass is 650 g/mol. The van der Waals surface area contributed by atoms with Crippen LogP contribution in [0.1, 0.15) is 48.7 Å². The number of hydrogen-bond donors (Lipinski definition) is 3. The van der Waals surface area contributed by atoms with Gasteiger partial charge in [0.1, 0.15) is 16.5 Å². The molecular weight excluding hydrogens is 627 g/mol. The molecule has 0 atom stereocenters. The maximum Gasteiger partial charge on any atom is 0.416 e. The molecule has 3 aromatic rings. The molecule has 1 amide bonds. The van der Waals surface area contributed by atoms with E-state index >= 15 is 0 Å². The molecule has 0 heterocycles. The smallest absolute Gasteiger partial charge is 0.416 e. The zero-order valence-electron chi connectivity index (χ0n) is 22.2. The van der Waals surface area contributed by atoms with Gasteiger partial charge in [-0.2, -0.15) is 13.2 Å². The highest BCUT2D eigenvalue weighted by molar-refractivity contribution is 7.92. The largest absolute Gasteiger partial charge is 0.481 e. The highest BCUT2D eigenvalue weighted by atomic mass is 35.5. The molecule has 0 spiro atoms. The molecule has 226 valence electrons. The van der Waals surface area contributed by atoms with E-state index in [1.165, 1.54) is 12.1 Å². The lowest BCUT2D eigenvalue weighted by Crippen LogP contribution is -2.42. The van der Waals surface area contributed by atoms with Crippen LogP contribution in [0.4, 0.5) is 23.2 Å². The third-order valence-electron chi connectivity index (χ3n) is 6.03. The Kier molecular flexibility index (Phi) is 9.70. The summed E-state index contributed by atoms with van der Waals surface area (Å²) in [5, 5.41) is 10.8. The number of rotatable bonds is 10. The van der Waals surface area contributed by atoms with E-state index < -0.39 is 61.3 Å². The van der Waals surface area contributed by atoms with Crippen molar-refractivity contribution in [2.45, 2.75) is 50.2 Å². The molecule has 0 aromatic heterocycles. The lowest BCUT2D eigenvalue weighted by atomic mass is 10.0. The zero-order valence-corrected chi connectivity index (χ0v) is 24.5. The van der Waals surface area contributed by atoms with Crippen LogP contribution in [-0.4, -0.2) is 30.9 Å². The van der Waals surface area contributed by atoms with Crippen LogP contribution < -0.4 is 14.8 Å². The minimum absolute atomic E-state index is 0.0193. The molecule has 0 fully saturated rings. The number of sulfonamides is 1. The van der Waals surface area contributed by atoms with Crippen molar-refractivity contribution in [1.82, 2.24) is 5.32 Å². The fraction of sp³-hybridized carbons (Fsp3) is 0.259. The maximum atomic E-state index is 14.5. The van der Waals surface area contributed by atoms with Gasteiger partial charge in [0.05, 0.1) is 27.7 Å². The highest BCUT2D eigenvalue weighted by Crippen LogP contribution is 2.38. The lowest BCUT2D eigenvalue weighted by molar-refractivity contribution is -0.138. The molecule has 0 aliphatic heterocycles. The molecule has 0 saturated heterocycles. The summed E-state index contributed by atoms with van der Waals surface area (Å²) in [6.07, 6.45) is -4.88. The lowest BCUT2D eigenvalue weighted by Gasteiger charge is -2.25. The molecule has 3 rings (SSSR count). The summed E-state index contributed by atoms with van der Waals surface area (Å²) in [5.74, 6) is -3.45. The summed E-state index contributed by atoms with van der Waals surface area (Å²) in [6.45, 7) is 5.38. The summed E-state index contributed by atoms with van der Waals surface area (Å²) in [6, 6.07) is 7.08. The summed E-state index contributed by atoms with van der Waals surface area (Å²) in [7, 11) is -4.68. The number of benzene rings is 3. The Hall–Kier alpha value is -3.55. The Labute approximate surface area is 248 Å². The van der Waals surface area contributed by atoms with Gasteiger partial charge < -0.3 is 15.2 Å². The highest BCUT2D eigenvalue weighted by Gasteiger charge is 2.32. The molecule has 42 heavy (non-hydrogen) atoms. The second-order valence-electron chi connectivity index (χ2n) is 9.70. The van der Waals surface area contributed by atoms with Crippen LogP contribution in [0.25, 0.3) is 0 Å². The number of carbonyl (C=O) groups is 2. The number of carbonyl (C=O) groups excluding carboxylic acids is 1. The van der Waals surface area contributed by atoms with Crippen LogP contribution >= 0.6 is 23.2 Å². The van der Waals surface area contributed by atoms with E-state index in [1.807, 2.05) is 6.92 Å². The number of carboxylic acids is 1. The maximum absolute atomic E-state index is 14.5. The Bertz CT molecular complexity index is 1650. The molecule has 0 bridgehead atoms. The second-order valence-corrected chi connectivity index (χ2v) is 12.2. The van der Waals surface area contributed by atoms with Crippen LogP contribution in [-0.2, 0) is 27.4 Å². The number of alkyl halides is 3. The Morgan fingerprint density at radius 2 is 1.64 bits per heavy atom. The summed E-state index contributed by atoms with van der Waals surface area (Å²) in [5.41, 5.74) is -2.41. The van der Waals surface area contributed by atoms with Gasteiger partial charge in [0.15, 0.2) is 5.75 Å². The van der Waals surface area contributed by atoms with Gasteiger partial charge in [-0.15, -0.1) is 0 Å². The van der Waals surface area contributed by atoms with Crippen molar-refractivity contribution in [2.24, 2.45) is 0 Å². The third-order valence-corrected chi connectivity index (χ3v) is 8.18. The van der Waals surface area contributed by atoms with Gasteiger partial charge >= 0.3 is 12.1 Å². The van der Waals surface area contributed by atoms with Crippen molar-refractivity contribution >= 4 is 50.8 Å². The van der Waals surface area contributed by atoms with Gasteiger partial charge in [0.25, 0.3) is 15.9 Å². The molecule has 15 heteroatoms. The van der Waals surface area contributed by atoms with Crippen LogP contribution in [0.15, 0.2) is 53.4 Å². The molecule has 0 saturated carbocycles. The number of hydrogen-bond acceptors (Lipinski definition) is 5. The first-order chi connectivity index (χ1) is 19.3. The molecule has 0 radical (unpaired) electrons. The number of ether oxygens (including phenoxy) is 1. The number of carboxylic acid groups (broad SMARTS) is 1. The molecular formula is C27H24Cl2F4N2O6S. The first-order valence-electron chi connectivity index (χ1n) is 12.1. The van der Waals surface area contributed by atoms with E-state index in [1.54, 1.807) is 13.8 Å². The van der Waals surface area contributed by atoms with Crippen molar-refractivity contribution in [2.75, 3.05) is 4.72 Å². The predicted octanol–water partition coefficient (Wildman–Crippen LogP) is 7.29. The summed E-state index contributed by atoms with van der Waals surface area (Å²) >= 11 is 12.1. The Balaban J connectivity index is 2.08. The number of amides is 1. The molecule has 3 N–H and O–H groups in total. The predicted molar refractivity (Wildman–Crippen MR) is 148 cm³/mol. The minimum Gasteiger partial charge on any atom is -0.481 e. The normalized spacial score (nSPS) is 12.1. The van der Waals surface area contributed by atoms with Gasteiger partial charge in [-0.25, -0.2) is 12.8 Å². The quantitative estimate of drug-likeness (QED) is 0.198. The SMILES string of the molecule is CCC(C)(C)NC(=O)c1ccc(Oc2cc(F)c(CC(=O)O)cc2Cl)c(NS(=O)(=O)c2ccc(C(F)(F)F)cc2Cl)c1. The first-order valence-corrected chi connectivity index (χ1v) is 14.3. The van der Waals surface area contributed by atoms with Crippen LogP contribution in [0, 0.1) is 5.82 Å². The fourth-order valence-electron chi connectivity index (χ4n) is 3.47. The first kappa shape index (κ1) is 33.0. The minimum atomic E-state index is -4.77. The number of halogens is 6. The Morgan fingerprint density at radius 1 is 0.976 bits per heavy atom. The molecule has 0 aliphatic rings. The fourth-order valence-corrected chi connectivity index (χ4v) is 5.30. The standard InChI is InChI=1S/C27H24Cl2F4N2O6S/c1-4-26(2,3)34-25(38)14-5-7-21(41-22-13-19(30)15(9-17(22)28)11-24(36)37)20(10-14)35-42(39,40)23-8-6-16(12-18(23)29)27(31,32)33/h5-10,12-13,35H,4,11H2,1-3H3,(H,34,38)(H,36,37). The van der Waals surface area contributed by atoms with Gasteiger partial charge in [0.2, 0.25) is 0 Å². The molecule has 0 unspecified atom stereocenters. The van der Waals surface area contributed by atoms with Crippen molar-refractivity contribution in [1.29, 1.82) is 0 Å². The molecule has 8 nitrogen and oxygen atoms in total. The van der Waals surface area contributed by atoms with Crippen LogP contribution in [0.3, 0.4) is 0 Å². The number of nitrogens with one attached hydrogen (secondary N) is 2. The Morgan fingerprint density at radius 3 is 2.21 bits per heavy atom. The van der Waals surface area contributed by atoms with Crippen molar-refractivity contribution in [3.8, 4) is 11.5 Å². The average molecular weight is 651 g/mol. The van der Waals surface area contributed by atoms with E-state index in [-0.39, 0.29) is 33.3 Å². The van der Waals surface area contributed by atoms with E-state index in [4.69, 9.17) is 33.0 Å². The van der Waals surface area contributed by atoms with E-state index in [9.17, 15) is 35.6 Å². The van der Waals surface area contributed by atoms with Crippen molar-refractivity contribution in [3.05, 3.63) is 81.1 Å². The van der Waals surface area contributed by atoms with Crippen molar-refractivity contribution in [3.63, 3.8) is 0 Å². The van der Waals surface area contributed by atoms with Crippen LogP contribution in [0.5, 0.6) is 11.5 Å². The van der Waals surface area contributed by atoms with Gasteiger partial charge in [-0.05, 0) is 62.7 Å². The number of anilines is 1. The average Bonchev–Trinajstić information content (AvgIpc) is 2.86. The molecule has 0 aliphatic carbocycles. The zero-order chi connectivity index (χ0) is 31.6. The van der Waals surface area contributed by atoms with E-state index in [0.717, 1.165) is 18.2 Å². The van der Waals surface area contributed by atoms with Gasteiger partial charge in [-0.1, -0.05) is 30.1 Å². The van der Waals surface area contributed by atoms with Crippen LogP contribution in [0.2, 0.25) is 10.0 Å². The van der Waals surface area contributed by atoms with Gasteiger partial charge in [-0.3, -0.25) is 14.3 Å². The summed E-state index contributed by atoms with van der Waals surface area (Å²) in [4.78, 5) is 23.2. The summed E-state index contributed by atoms with van der Waals surface area (Å²) < 4.78 is 88.0.